The van der Waals surface area contributed by atoms with Gasteiger partial charge in [-0.25, -0.2) is 4.79 Å². The second-order valence-electron chi connectivity index (χ2n) is 5.64. The zero-order valence-corrected chi connectivity index (χ0v) is 14.3. The van der Waals surface area contributed by atoms with Crippen LogP contribution in [0.3, 0.4) is 0 Å². The number of carbonyl (C=O) groups is 1. The summed E-state index contributed by atoms with van der Waals surface area (Å²) in [6.45, 7) is 0.347. The zero-order valence-electron chi connectivity index (χ0n) is 12.7. The topological polar surface area (TPSA) is 95.4 Å². The molecule has 0 bridgehead atoms. The second-order valence-corrected chi connectivity index (χ2v) is 6.49. The number of halogens is 1. The highest BCUT2D eigenvalue weighted by Crippen LogP contribution is 2.37. The molecule has 3 rings (SSSR count). The van der Waals surface area contributed by atoms with E-state index in [-0.39, 0.29) is 29.4 Å². The maximum absolute atomic E-state index is 12.7. The summed E-state index contributed by atoms with van der Waals surface area (Å²) in [5.41, 5.74) is 0.668. The van der Waals surface area contributed by atoms with Crippen molar-refractivity contribution in [2.24, 2.45) is 0 Å². The van der Waals surface area contributed by atoms with Gasteiger partial charge in [-0.1, -0.05) is 18.2 Å². The van der Waals surface area contributed by atoms with E-state index in [1.807, 2.05) is 24.3 Å². The van der Waals surface area contributed by atoms with E-state index in [1.165, 1.54) is 6.20 Å². The Hall–Kier alpha value is -2.19. The summed E-state index contributed by atoms with van der Waals surface area (Å²) in [6, 6.07) is 7.56. The van der Waals surface area contributed by atoms with Gasteiger partial charge in [0.2, 0.25) is 5.91 Å². The molecule has 24 heavy (non-hydrogen) atoms. The van der Waals surface area contributed by atoms with Crippen molar-refractivity contribution < 1.29 is 9.90 Å². The van der Waals surface area contributed by atoms with Crippen molar-refractivity contribution in [3.63, 3.8) is 0 Å². The van der Waals surface area contributed by atoms with Gasteiger partial charge in [-0.15, -0.1) is 0 Å². The summed E-state index contributed by atoms with van der Waals surface area (Å²) < 4.78 is 1.35. The third kappa shape index (κ3) is 3.07. The van der Waals surface area contributed by atoms with E-state index in [4.69, 9.17) is 0 Å². The molecule has 1 aromatic carbocycles. The third-order valence-corrected chi connectivity index (χ3v) is 4.69. The van der Waals surface area contributed by atoms with Gasteiger partial charge in [0.15, 0.2) is 0 Å². The van der Waals surface area contributed by atoms with E-state index < -0.39 is 11.2 Å². The number of anilines is 1. The minimum Gasteiger partial charge on any atom is -0.396 e. The van der Waals surface area contributed by atoms with E-state index in [0.717, 1.165) is 15.8 Å². The first-order chi connectivity index (χ1) is 11.5. The number of carbonyl (C=O) groups excluding carboxylic acids is 1. The van der Waals surface area contributed by atoms with Crippen LogP contribution in [-0.2, 0) is 11.3 Å². The van der Waals surface area contributed by atoms with Crippen LogP contribution in [0.5, 0.6) is 0 Å². The summed E-state index contributed by atoms with van der Waals surface area (Å²) >= 11 is 3.05. The molecule has 1 unspecified atom stereocenters. The van der Waals surface area contributed by atoms with Crippen molar-refractivity contribution in [1.29, 1.82) is 0 Å². The lowest BCUT2D eigenvalue weighted by atomic mass is 9.99. The molecule has 2 heterocycles. The lowest BCUT2D eigenvalue weighted by Gasteiger charge is -2.18. The number of nitrogens with zero attached hydrogens (tertiary/aromatic N) is 2. The summed E-state index contributed by atoms with van der Waals surface area (Å²) in [6.07, 6.45) is 1.89. The van der Waals surface area contributed by atoms with E-state index in [0.29, 0.717) is 13.0 Å². The molecule has 126 valence electrons. The Morgan fingerprint density at radius 2 is 2.08 bits per heavy atom. The molecule has 0 aliphatic carbocycles. The molecule has 2 N–H and O–H groups in total. The number of aliphatic hydroxyl groups is 1. The molecule has 1 aromatic heterocycles. The number of fused-ring (bicyclic) bond motifs is 1. The predicted molar refractivity (Wildman–Crippen MR) is 92.3 cm³/mol. The average Bonchev–Trinajstić information content (AvgIpc) is 2.92. The molecule has 1 aliphatic rings. The van der Waals surface area contributed by atoms with Gasteiger partial charge >= 0.3 is 5.69 Å². The number of hydrogen-bond donors (Lipinski definition) is 2. The first-order valence-electron chi connectivity index (χ1n) is 7.50. The van der Waals surface area contributed by atoms with E-state index in [2.05, 4.69) is 20.9 Å². The van der Waals surface area contributed by atoms with Crippen molar-refractivity contribution in [3.05, 3.63) is 61.3 Å². The van der Waals surface area contributed by atoms with Crippen molar-refractivity contribution in [3.8, 4) is 0 Å². The quantitative estimate of drug-likeness (QED) is 0.803. The lowest BCUT2D eigenvalue weighted by Crippen LogP contribution is -2.38. The predicted octanol–water partition coefficient (Wildman–Crippen LogP) is 0.812. The maximum Gasteiger partial charge on any atom is 0.328 e. The lowest BCUT2D eigenvalue weighted by molar-refractivity contribution is -0.119. The van der Waals surface area contributed by atoms with Crippen LogP contribution >= 0.6 is 15.9 Å². The Labute approximate surface area is 145 Å². The number of para-hydroxylation sites is 1. The molecule has 7 nitrogen and oxygen atoms in total. The fourth-order valence-electron chi connectivity index (χ4n) is 2.97. The van der Waals surface area contributed by atoms with Crippen LogP contribution in [0.25, 0.3) is 0 Å². The van der Waals surface area contributed by atoms with Crippen LogP contribution < -0.4 is 16.1 Å². The van der Waals surface area contributed by atoms with Gasteiger partial charge in [0.25, 0.3) is 5.56 Å². The van der Waals surface area contributed by atoms with Crippen LogP contribution in [0.2, 0.25) is 0 Å². The number of H-pyrrole nitrogens is 1. The first-order valence-corrected chi connectivity index (χ1v) is 8.30. The molecule has 0 saturated carbocycles. The van der Waals surface area contributed by atoms with Crippen molar-refractivity contribution in [1.82, 2.24) is 9.55 Å². The van der Waals surface area contributed by atoms with Crippen LogP contribution in [0.1, 0.15) is 17.9 Å². The standard InChI is InChI=1S/C16H16BrN3O4/c17-12-8-19(16(24)18-15(12)23)9-14(22)20-7-10(5-6-21)11-3-1-2-4-13(11)20/h1-4,8,10,21H,5-7,9H2,(H,18,23,24). The third-order valence-electron chi connectivity index (χ3n) is 4.12. The van der Waals surface area contributed by atoms with Gasteiger partial charge in [-0.05, 0) is 34.0 Å². The number of aromatic amines is 1. The monoisotopic (exact) mass is 393 g/mol. The molecule has 0 radical (unpaired) electrons. The summed E-state index contributed by atoms with van der Waals surface area (Å²) in [4.78, 5) is 39.7. The molecular formula is C16H16BrN3O4. The molecule has 1 amide bonds. The Morgan fingerprint density at radius 3 is 2.83 bits per heavy atom. The summed E-state index contributed by atoms with van der Waals surface area (Å²) in [5, 5.41) is 9.22. The molecule has 2 aromatic rings. The number of aliphatic hydroxyl groups excluding tert-OH is 1. The van der Waals surface area contributed by atoms with E-state index >= 15 is 0 Å². The van der Waals surface area contributed by atoms with Gasteiger partial charge in [-0.2, -0.15) is 0 Å². The number of rotatable bonds is 4. The fraction of sp³-hybridized carbons (Fsp3) is 0.312. The number of aromatic nitrogens is 2. The van der Waals surface area contributed by atoms with Crippen LogP contribution in [0, 0.1) is 0 Å². The Bertz CT molecular complexity index is 889. The van der Waals surface area contributed by atoms with Gasteiger partial charge in [0.1, 0.15) is 6.54 Å². The maximum atomic E-state index is 12.7. The fourth-order valence-corrected chi connectivity index (χ4v) is 3.31. The van der Waals surface area contributed by atoms with Gasteiger partial charge in [0.05, 0.1) is 4.47 Å². The van der Waals surface area contributed by atoms with Gasteiger partial charge in [0, 0.05) is 31.0 Å². The smallest absolute Gasteiger partial charge is 0.328 e. The van der Waals surface area contributed by atoms with Crippen LogP contribution in [-0.4, -0.2) is 33.7 Å². The average molecular weight is 394 g/mol. The normalized spacial score (nSPS) is 16.2. The molecule has 1 aliphatic heterocycles. The van der Waals surface area contributed by atoms with Crippen molar-refractivity contribution in [2.75, 3.05) is 18.1 Å². The first kappa shape index (κ1) is 16.7. The second kappa shape index (κ2) is 6.74. The number of amides is 1. The number of benzene rings is 1. The minimum absolute atomic E-state index is 0.0490. The molecule has 0 saturated heterocycles. The largest absolute Gasteiger partial charge is 0.396 e. The summed E-state index contributed by atoms with van der Waals surface area (Å²) in [7, 11) is 0. The molecule has 0 fully saturated rings. The van der Waals surface area contributed by atoms with Crippen LogP contribution in [0.4, 0.5) is 5.69 Å². The molecule has 8 heteroatoms. The highest BCUT2D eigenvalue weighted by Gasteiger charge is 2.31. The molecule has 1 atom stereocenters. The van der Waals surface area contributed by atoms with E-state index in [1.54, 1.807) is 4.90 Å². The minimum atomic E-state index is -0.629. The Balaban J connectivity index is 1.88. The number of hydrogen-bond acceptors (Lipinski definition) is 4. The van der Waals surface area contributed by atoms with Gasteiger partial charge < -0.3 is 10.0 Å². The SMILES string of the molecule is O=C(Cn1cc(Br)c(=O)[nH]c1=O)N1CC(CCO)c2ccccc21. The molecule has 0 spiro atoms. The highest BCUT2D eigenvalue weighted by atomic mass is 79.9. The highest BCUT2D eigenvalue weighted by molar-refractivity contribution is 9.10. The van der Waals surface area contributed by atoms with Crippen LogP contribution in [0.15, 0.2) is 44.5 Å². The summed E-state index contributed by atoms with van der Waals surface area (Å²) in [5.74, 6) is -0.168. The zero-order chi connectivity index (χ0) is 17.3. The van der Waals surface area contributed by atoms with Gasteiger partial charge in [-0.3, -0.25) is 19.1 Å². The Kier molecular flexibility index (Phi) is 4.68. The molecular weight excluding hydrogens is 378 g/mol. The number of nitrogens with one attached hydrogen (secondary N) is 1. The Morgan fingerprint density at radius 1 is 1.33 bits per heavy atom. The van der Waals surface area contributed by atoms with Crippen molar-refractivity contribution >= 4 is 27.5 Å². The van der Waals surface area contributed by atoms with E-state index in [9.17, 15) is 19.5 Å². The van der Waals surface area contributed by atoms with Crippen molar-refractivity contribution in [2.45, 2.75) is 18.9 Å².